The van der Waals surface area contributed by atoms with E-state index in [1.54, 1.807) is 55.8 Å². The van der Waals surface area contributed by atoms with E-state index in [0.717, 1.165) is 37.6 Å². The molecule has 8 heteroatoms. The Morgan fingerprint density at radius 2 is 1.93 bits per heavy atom. The normalized spacial score (nSPS) is 13.5. The molecule has 4 rings (SSSR count). The van der Waals surface area contributed by atoms with Crippen LogP contribution < -0.4 is 14.8 Å². The van der Waals surface area contributed by atoms with Crippen LogP contribution in [0.1, 0.15) is 21.5 Å². The molecular formula is C22H25N5O3. The third kappa shape index (κ3) is 4.28. The molecule has 2 aromatic heterocycles. The highest BCUT2D eigenvalue weighted by molar-refractivity contribution is 5.94. The number of benzene rings is 1. The van der Waals surface area contributed by atoms with Crippen LogP contribution in [0.3, 0.4) is 0 Å². The Morgan fingerprint density at radius 1 is 1.13 bits per heavy atom. The van der Waals surface area contributed by atoms with Crippen molar-refractivity contribution in [1.29, 1.82) is 0 Å². The number of ether oxygens (including phenoxy) is 2. The van der Waals surface area contributed by atoms with Gasteiger partial charge in [0.1, 0.15) is 12.1 Å². The topological polar surface area (TPSA) is 81.5 Å². The minimum atomic E-state index is -0.109. The SMILES string of the molecule is COc1cc2c(cc1OC)CN(CCNC(=O)c1ccnc(-n3ccnc3)c1)CC2. The second-order valence-electron chi connectivity index (χ2n) is 7.13. The summed E-state index contributed by atoms with van der Waals surface area (Å²) in [5.41, 5.74) is 3.11. The Labute approximate surface area is 175 Å². The van der Waals surface area contributed by atoms with E-state index < -0.39 is 0 Å². The number of hydrogen-bond donors (Lipinski definition) is 1. The Balaban J connectivity index is 1.33. The van der Waals surface area contributed by atoms with Crippen LogP contribution in [0.4, 0.5) is 0 Å². The van der Waals surface area contributed by atoms with Gasteiger partial charge in [-0.1, -0.05) is 0 Å². The minimum Gasteiger partial charge on any atom is -0.493 e. The van der Waals surface area contributed by atoms with Crippen molar-refractivity contribution in [2.24, 2.45) is 0 Å². The number of carbonyl (C=O) groups excluding carboxylic acids is 1. The number of rotatable bonds is 7. The maximum atomic E-state index is 12.5. The van der Waals surface area contributed by atoms with Crippen molar-refractivity contribution < 1.29 is 14.3 Å². The van der Waals surface area contributed by atoms with Gasteiger partial charge >= 0.3 is 0 Å². The number of fused-ring (bicyclic) bond motifs is 1. The number of methoxy groups -OCH3 is 2. The summed E-state index contributed by atoms with van der Waals surface area (Å²) in [6.07, 6.45) is 7.71. The maximum Gasteiger partial charge on any atom is 0.251 e. The van der Waals surface area contributed by atoms with E-state index in [9.17, 15) is 4.79 Å². The fraction of sp³-hybridized carbons (Fsp3) is 0.318. The third-order valence-corrected chi connectivity index (χ3v) is 5.29. The number of nitrogens with one attached hydrogen (secondary N) is 1. The second-order valence-corrected chi connectivity index (χ2v) is 7.13. The molecule has 0 aliphatic carbocycles. The Bertz CT molecular complexity index is 1020. The second kappa shape index (κ2) is 8.96. The van der Waals surface area contributed by atoms with Gasteiger partial charge in [0, 0.05) is 50.3 Å². The van der Waals surface area contributed by atoms with Crippen LogP contribution in [0, 0.1) is 0 Å². The molecule has 0 fully saturated rings. The van der Waals surface area contributed by atoms with Gasteiger partial charge < -0.3 is 14.8 Å². The molecule has 1 aliphatic rings. The van der Waals surface area contributed by atoms with Crippen LogP contribution in [0.2, 0.25) is 0 Å². The number of carbonyl (C=O) groups is 1. The summed E-state index contributed by atoms with van der Waals surface area (Å²) < 4.78 is 12.6. The molecule has 0 saturated heterocycles. The molecule has 8 nitrogen and oxygen atoms in total. The van der Waals surface area contributed by atoms with E-state index in [-0.39, 0.29) is 5.91 Å². The molecule has 1 aliphatic heterocycles. The van der Waals surface area contributed by atoms with Crippen LogP contribution in [0.25, 0.3) is 5.82 Å². The molecule has 1 N–H and O–H groups in total. The first-order valence-electron chi connectivity index (χ1n) is 9.86. The van der Waals surface area contributed by atoms with Crippen molar-refractivity contribution in [3.05, 3.63) is 65.9 Å². The highest BCUT2D eigenvalue weighted by Crippen LogP contribution is 2.33. The molecule has 30 heavy (non-hydrogen) atoms. The van der Waals surface area contributed by atoms with Gasteiger partial charge in [0.05, 0.1) is 14.2 Å². The fourth-order valence-corrected chi connectivity index (χ4v) is 3.66. The van der Waals surface area contributed by atoms with Crippen LogP contribution in [0.5, 0.6) is 11.5 Å². The Morgan fingerprint density at radius 3 is 2.67 bits per heavy atom. The Hall–Kier alpha value is -3.39. The predicted molar refractivity (Wildman–Crippen MR) is 112 cm³/mol. The zero-order valence-corrected chi connectivity index (χ0v) is 17.2. The molecule has 0 radical (unpaired) electrons. The summed E-state index contributed by atoms with van der Waals surface area (Å²) in [5, 5.41) is 3.01. The fourth-order valence-electron chi connectivity index (χ4n) is 3.66. The molecule has 0 saturated carbocycles. The zero-order valence-electron chi connectivity index (χ0n) is 17.2. The summed E-state index contributed by atoms with van der Waals surface area (Å²) >= 11 is 0. The lowest BCUT2D eigenvalue weighted by molar-refractivity contribution is 0.0947. The van der Waals surface area contributed by atoms with Gasteiger partial charge in [-0.25, -0.2) is 9.97 Å². The number of nitrogens with zero attached hydrogens (tertiary/aromatic N) is 4. The van der Waals surface area contributed by atoms with Gasteiger partial charge in [0.2, 0.25) is 0 Å². The molecular weight excluding hydrogens is 382 g/mol. The molecule has 3 heterocycles. The van der Waals surface area contributed by atoms with Gasteiger partial charge in [-0.05, 0) is 41.8 Å². The highest BCUT2D eigenvalue weighted by atomic mass is 16.5. The third-order valence-electron chi connectivity index (χ3n) is 5.29. The van der Waals surface area contributed by atoms with Gasteiger partial charge in [0.25, 0.3) is 5.91 Å². The van der Waals surface area contributed by atoms with Gasteiger partial charge in [-0.15, -0.1) is 0 Å². The lowest BCUT2D eigenvalue weighted by atomic mass is 9.99. The summed E-state index contributed by atoms with van der Waals surface area (Å²) in [5.74, 6) is 2.07. The first-order chi connectivity index (χ1) is 14.7. The largest absolute Gasteiger partial charge is 0.493 e. The molecule has 0 spiro atoms. The highest BCUT2D eigenvalue weighted by Gasteiger charge is 2.19. The van der Waals surface area contributed by atoms with E-state index in [2.05, 4.69) is 26.3 Å². The molecule has 1 aromatic carbocycles. The number of imidazole rings is 1. The molecule has 3 aromatic rings. The zero-order chi connectivity index (χ0) is 20.9. The molecule has 0 bridgehead atoms. The lowest BCUT2D eigenvalue weighted by Crippen LogP contribution is -2.37. The quantitative estimate of drug-likeness (QED) is 0.646. The van der Waals surface area contributed by atoms with E-state index >= 15 is 0 Å². The monoisotopic (exact) mass is 407 g/mol. The van der Waals surface area contributed by atoms with Gasteiger partial charge in [0.15, 0.2) is 11.5 Å². The van der Waals surface area contributed by atoms with Crippen molar-refractivity contribution >= 4 is 5.91 Å². The minimum absolute atomic E-state index is 0.109. The van der Waals surface area contributed by atoms with E-state index in [4.69, 9.17) is 9.47 Å². The summed E-state index contributed by atoms with van der Waals surface area (Å²) in [6, 6.07) is 7.59. The first-order valence-corrected chi connectivity index (χ1v) is 9.86. The number of pyridine rings is 1. The molecule has 1 amide bonds. The average molecular weight is 407 g/mol. The van der Waals surface area contributed by atoms with Crippen molar-refractivity contribution in [3.8, 4) is 17.3 Å². The van der Waals surface area contributed by atoms with E-state index in [0.29, 0.717) is 17.9 Å². The molecule has 156 valence electrons. The smallest absolute Gasteiger partial charge is 0.251 e. The van der Waals surface area contributed by atoms with Crippen molar-refractivity contribution in [2.45, 2.75) is 13.0 Å². The van der Waals surface area contributed by atoms with E-state index in [1.807, 2.05) is 6.07 Å². The van der Waals surface area contributed by atoms with Crippen LogP contribution in [-0.2, 0) is 13.0 Å². The van der Waals surface area contributed by atoms with Crippen molar-refractivity contribution in [1.82, 2.24) is 24.8 Å². The summed E-state index contributed by atoms with van der Waals surface area (Å²) in [4.78, 5) is 23.2. The molecule has 0 unspecified atom stereocenters. The van der Waals surface area contributed by atoms with Crippen LogP contribution in [0.15, 0.2) is 49.2 Å². The van der Waals surface area contributed by atoms with Crippen molar-refractivity contribution in [3.63, 3.8) is 0 Å². The van der Waals surface area contributed by atoms with Gasteiger partial charge in [-0.2, -0.15) is 0 Å². The van der Waals surface area contributed by atoms with Crippen molar-refractivity contribution in [2.75, 3.05) is 33.9 Å². The Kier molecular flexibility index (Phi) is 5.94. The molecule has 0 atom stereocenters. The standard InChI is InChI=1S/C22H25N5O3/c1-29-19-11-16-4-8-26(14-18(16)12-20(19)30-2)9-7-25-22(28)17-3-5-24-21(13-17)27-10-6-23-15-27/h3,5-6,10-13,15H,4,7-9,14H2,1-2H3,(H,25,28). The number of aromatic nitrogens is 3. The first kappa shape index (κ1) is 19.9. The lowest BCUT2D eigenvalue weighted by Gasteiger charge is -2.29. The maximum absolute atomic E-state index is 12.5. The summed E-state index contributed by atoms with van der Waals surface area (Å²) in [6.45, 7) is 3.12. The number of hydrogen-bond acceptors (Lipinski definition) is 6. The van der Waals surface area contributed by atoms with Crippen LogP contribution in [-0.4, -0.2) is 59.2 Å². The summed E-state index contributed by atoms with van der Waals surface area (Å²) in [7, 11) is 3.31. The van der Waals surface area contributed by atoms with E-state index in [1.165, 1.54) is 11.1 Å². The predicted octanol–water partition coefficient (Wildman–Crippen LogP) is 2.07. The number of amides is 1. The van der Waals surface area contributed by atoms with Gasteiger partial charge in [-0.3, -0.25) is 14.3 Å². The van der Waals surface area contributed by atoms with Crippen LogP contribution >= 0.6 is 0 Å². The average Bonchev–Trinajstić information content (AvgIpc) is 3.33.